The average Bonchev–Trinajstić information content (AvgIpc) is 2.76. The van der Waals surface area contributed by atoms with Crippen LogP contribution in [0.1, 0.15) is 16.1 Å². The number of aryl methyl sites for hydroxylation is 1. The molecule has 0 saturated heterocycles. The maximum Gasteiger partial charge on any atom is 0.341 e. The number of nitrogens with two attached hydrogens (primary N) is 1. The molecule has 1 aromatic carbocycles. The molecule has 0 fully saturated rings. The van der Waals surface area contributed by atoms with Crippen LogP contribution in [0, 0.1) is 6.92 Å². The number of nitrogen functional groups attached to an aromatic ring is 1. The number of rotatable bonds is 3. The predicted octanol–water partition coefficient (Wildman–Crippen LogP) is 1.88. The zero-order chi connectivity index (χ0) is 13.1. The molecule has 6 heteroatoms. The van der Waals surface area contributed by atoms with Crippen LogP contribution in [-0.2, 0) is 4.74 Å². The van der Waals surface area contributed by atoms with Crippen molar-refractivity contribution in [3.8, 4) is 11.6 Å². The van der Waals surface area contributed by atoms with Gasteiger partial charge in [-0.15, -0.1) is 5.10 Å². The minimum Gasteiger partial charge on any atom is -0.465 e. The van der Waals surface area contributed by atoms with Crippen LogP contribution in [0.15, 0.2) is 24.3 Å². The molecule has 0 aliphatic carbocycles. The Balaban J connectivity index is 2.39. The second kappa shape index (κ2) is 4.79. The number of nitrogens with one attached hydrogen (secondary N) is 1. The molecule has 0 bridgehead atoms. The number of para-hydroxylation sites is 1. The summed E-state index contributed by atoms with van der Waals surface area (Å²) in [4.78, 5) is 11.6. The van der Waals surface area contributed by atoms with Gasteiger partial charge in [-0.2, -0.15) is 0 Å². The number of ether oxygens (including phenoxy) is 2. The van der Waals surface area contributed by atoms with Crippen molar-refractivity contribution in [1.29, 1.82) is 0 Å². The zero-order valence-corrected chi connectivity index (χ0v) is 10.1. The number of methoxy groups -OCH3 is 1. The number of aromatic nitrogens is 2. The Kier molecular flexibility index (Phi) is 3.18. The molecule has 18 heavy (non-hydrogen) atoms. The van der Waals surface area contributed by atoms with Crippen LogP contribution >= 0.6 is 0 Å². The zero-order valence-electron chi connectivity index (χ0n) is 10.1. The lowest BCUT2D eigenvalue weighted by Gasteiger charge is -2.10. The van der Waals surface area contributed by atoms with E-state index in [1.54, 1.807) is 24.3 Å². The van der Waals surface area contributed by atoms with E-state index >= 15 is 0 Å². The summed E-state index contributed by atoms with van der Waals surface area (Å²) in [6, 6.07) is 6.58. The monoisotopic (exact) mass is 247 g/mol. The van der Waals surface area contributed by atoms with E-state index in [1.165, 1.54) is 7.11 Å². The summed E-state index contributed by atoms with van der Waals surface area (Å²) >= 11 is 0. The molecule has 0 saturated carbocycles. The highest BCUT2D eigenvalue weighted by Gasteiger charge is 2.17. The molecular formula is C12H13N3O3. The van der Waals surface area contributed by atoms with Crippen LogP contribution in [-0.4, -0.2) is 23.3 Å². The van der Waals surface area contributed by atoms with Gasteiger partial charge in [-0.1, -0.05) is 6.07 Å². The molecule has 0 atom stereocenters. The number of hydrogen-bond acceptors (Lipinski definition) is 5. The van der Waals surface area contributed by atoms with E-state index in [0.29, 0.717) is 11.6 Å². The van der Waals surface area contributed by atoms with Crippen molar-refractivity contribution in [1.82, 2.24) is 10.2 Å². The minimum absolute atomic E-state index is 0.246. The number of carbonyl (C=O) groups is 1. The highest BCUT2D eigenvalue weighted by atomic mass is 16.5. The van der Waals surface area contributed by atoms with Gasteiger partial charge >= 0.3 is 5.97 Å². The summed E-state index contributed by atoms with van der Waals surface area (Å²) in [5.74, 6) is 0.0796. The molecule has 0 aliphatic rings. The normalized spacial score (nSPS) is 10.1. The third kappa shape index (κ3) is 2.27. The SMILES string of the molecule is COC(=O)c1cccc(N)c1Oc1cc(C)[nH]n1. The Morgan fingerprint density at radius 1 is 1.44 bits per heavy atom. The van der Waals surface area contributed by atoms with E-state index in [0.717, 1.165) is 5.69 Å². The van der Waals surface area contributed by atoms with Crippen LogP contribution in [0.25, 0.3) is 0 Å². The molecule has 6 nitrogen and oxygen atoms in total. The molecule has 2 rings (SSSR count). The van der Waals surface area contributed by atoms with Gasteiger partial charge in [0.15, 0.2) is 5.75 Å². The minimum atomic E-state index is -0.510. The van der Waals surface area contributed by atoms with E-state index in [2.05, 4.69) is 14.9 Å². The summed E-state index contributed by atoms with van der Waals surface area (Å²) in [6.45, 7) is 1.84. The first-order chi connectivity index (χ1) is 8.61. The molecule has 0 unspecified atom stereocenters. The fraction of sp³-hybridized carbons (Fsp3) is 0.167. The molecular weight excluding hydrogens is 234 g/mol. The Morgan fingerprint density at radius 2 is 2.22 bits per heavy atom. The fourth-order valence-corrected chi connectivity index (χ4v) is 1.49. The lowest BCUT2D eigenvalue weighted by atomic mass is 10.2. The first-order valence-electron chi connectivity index (χ1n) is 5.28. The van der Waals surface area contributed by atoms with Crippen molar-refractivity contribution in [3.63, 3.8) is 0 Å². The van der Waals surface area contributed by atoms with Crippen LogP contribution < -0.4 is 10.5 Å². The maximum atomic E-state index is 11.6. The van der Waals surface area contributed by atoms with Crippen molar-refractivity contribution in [2.75, 3.05) is 12.8 Å². The van der Waals surface area contributed by atoms with Crippen LogP contribution in [0.4, 0.5) is 5.69 Å². The number of hydrogen-bond donors (Lipinski definition) is 2. The molecule has 1 heterocycles. The highest BCUT2D eigenvalue weighted by molar-refractivity contribution is 5.94. The third-order valence-electron chi connectivity index (χ3n) is 2.34. The van der Waals surface area contributed by atoms with Gasteiger partial charge in [0.25, 0.3) is 0 Å². The molecule has 1 aromatic heterocycles. The number of carbonyl (C=O) groups excluding carboxylic acids is 1. The maximum absolute atomic E-state index is 11.6. The highest BCUT2D eigenvalue weighted by Crippen LogP contribution is 2.31. The topological polar surface area (TPSA) is 90.2 Å². The first kappa shape index (κ1) is 12.0. The van der Waals surface area contributed by atoms with E-state index in [1.807, 2.05) is 6.92 Å². The Hall–Kier alpha value is -2.50. The fourth-order valence-electron chi connectivity index (χ4n) is 1.49. The Morgan fingerprint density at radius 3 is 2.83 bits per heavy atom. The van der Waals surface area contributed by atoms with Gasteiger partial charge in [-0.3, -0.25) is 5.10 Å². The van der Waals surface area contributed by atoms with Crippen molar-refractivity contribution in [3.05, 3.63) is 35.5 Å². The van der Waals surface area contributed by atoms with Gasteiger partial charge in [0.05, 0.1) is 12.8 Å². The number of nitrogens with zero attached hydrogens (tertiary/aromatic N) is 1. The molecule has 94 valence electrons. The summed E-state index contributed by atoms with van der Waals surface area (Å²) in [5.41, 5.74) is 7.25. The van der Waals surface area contributed by atoms with Crippen molar-refractivity contribution in [2.24, 2.45) is 0 Å². The number of esters is 1. The number of benzene rings is 1. The summed E-state index contributed by atoms with van der Waals surface area (Å²) < 4.78 is 10.2. The van der Waals surface area contributed by atoms with Gasteiger partial charge in [0.2, 0.25) is 5.88 Å². The first-order valence-corrected chi connectivity index (χ1v) is 5.28. The number of aromatic amines is 1. The second-order valence-electron chi connectivity index (χ2n) is 3.71. The smallest absolute Gasteiger partial charge is 0.341 e. The van der Waals surface area contributed by atoms with Gasteiger partial charge in [0, 0.05) is 11.8 Å². The summed E-state index contributed by atoms with van der Waals surface area (Å²) in [6.07, 6.45) is 0. The Labute approximate surface area is 104 Å². The van der Waals surface area contributed by atoms with Gasteiger partial charge in [0.1, 0.15) is 5.56 Å². The van der Waals surface area contributed by atoms with Crippen molar-refractivity contribution >= 4 is 11.7 Å². The van der Waals surface area contributed by atoms with Crippen LogP contribution in [0.3, 0.4) is 0 Å². The summed E-state index contributed by atoms with van der Waals surface area (Å²) in [7, 11) is 1.30. The van der Waals surface area contributed by atoms with E-state index in [-0.39, 0.29) is 11.3 Å². The van der Waals surface area contributed by atoms with Crippen LogP contribution in [0.5, 0.6) is 11.6 Å². The van der Waals surface area contributed by atoms with E-state index < -0.39 is 5.97 Å². The molecule has 2 aromatic rings. The lowest BCUT2D eigenvalue weighted by molar-refractivity contribution is 0.0598. The molecule has 3 N–H and O–H groups in total. The molecule has 0 aliphatic heterocycles. The lowest BCUT2D eigenvalue weighted by Crippen LogP contribution is -2.05. The largest absolute Gasteiger partial charge is 0.465 e. The van der Waals surface area contributed by atoms with E-state index in [4.69, 9.17) is 10.5 Å². The standard InChI is InChI=1S/C12H13N3O3/c1-7-6-10(15-14-7)18-11-8(12(16)17-2)4-3-5-9(11)13/h3-6H,13H2,1-2H3,(H,14,15). The van der Waals surface area contributed by atoms with Gasteiger partial charge in [-0.25, -0.2) is 4.79 Å². The third-order valence-corrected chi connectivity index (χ3v) is 2.34. The Bertz CT molecular complexity index is 578. The molecule has 0 spiro atoms. The van der Waals surface area contributed by atoms with E-state index in [9.17, 15) is 4.79 Å². The second-order valence-corrected chi connectivity index (χ2v) is 3.71. The summed E-state index contributed by atoms with van der Waals surface area (Å²) in [5, 5.41) is 6.66. The van der Waals surface area contributed by atoms with Gasteiger partial charge < -0.3 is 15.2 Å². The average molecular weight is 247 g/mol. The predicted molar refractivity (Wildman–Crippen MR) is 65.6 cm³/mol. The van der Waals surface area contributed by atoms with Crippen LogP contribution in [0.2, 0.25) is 0 Å². The van der Waals surface area contributed by atoms with Gasteiger partial charge in [-0.05, 0) is 19.1 Å². The molecule has 0 amide bonds. The number of H-pyrrole nitrogens is 1. The molecule has 0 radical (unpaired) electrons. The van der Waals surface area contributed by atoms with Crippen molar-refractivity contribution < 1.29 is 14.3 Å². The number of anilines is 1. The quantitative estimate of drug-likeness (QED) is 0.638. The van der Waals surface area contributed by atoms with Crippen molar-refractivity contribution in [2.45, 2.75) is 6.92 Å².